The van der Waals surface area contributed by atoms with Crippen LogP contribution in [0.1, 0.15) is 32.8 Å². The Kier molecular flexibility index (Phi) is 3.86. The van der Waals surface area contributed by atoms with Gasteiger partial charge in [0, 0.05) is 10.0 Å². The van der Waals surface area contributed by atoms with Crippen molar-refractivity contribution in [3.05, 3.63) is 33.8 Å². The Hall–Kier alpha value is -0.200. The SMILES string of the molecule is CCC(C)(C)Cc1cc(Cl)cc(Cl)c1. The van der Waals surface area contributed by atoms with Gasteiger partial charge in [0.2, 0.25) is 0 Å². The fraction of sp³-hybridized carbons (Fsp3) is 0.500. The monoisotopic (exact) mass is 230 g/mol. The Morgan fingerprint density at radius 2 is 1.57 bits per heavy atom. The first-order chi connectivity index (χ1) is 6.43. The number of hydrogen-bond acceptors (Lipinski definition) is 0. The van der Waals surface area contributed by atoms with Crippen LogP contribution in [0.4, 0.5) is 0 Å². The molecule has 0 bridgehead atoms. The van der Waals surface area contributed by atoms with Crippen molar-refractivity contribution >= 4 is 23.2 Å². The minimum atomic E-state index is 0.314. The molecule has 0 aliphatic rings. The first-order valence-corrected chi connectivity index (χ1v) is 5.63. The molecule has 78 valence electrons. The summed E-state index contributed by atoms with van der Waals surface area (Å²) >= 11 is 11.9. The van der Waals surface area contributed by atoms with Gasteiger partial charge in [-0.25, -0.2) is 0 Å². The summed E-state index contributed by atoms with van der Waals surface area (Å²) in [7, 11) is 0. The van der Waals surface area contributed by atoms with Gasteiger partial charge in [-0.1, -0.05) is 50.4 Å². The van der Waals surface area contributed by atoms with E-state index in [1.54, 1.807) is 6.07 Å². The van der Waals surface area contributed by atoms with E-state index in [4.69, 9.17) is 23.2 Å². The van der Waals surface area contributed by atoms with Gasteiger partial charge in [0.1, 0.15) is 0 Å². The van der Waals surface area contributed by atoms with E-state index >= 15 is 0 Å². The predicted octanol–water partition coefficient (Wildman–Crippen LogP) is 4.97. The van der Waals surface area contributed by atoms with Crippen molar-refractivity contribution in [2.75, 3.05) is 0 Å². The van der Waals surface area contributed by atoms with E-state index in [2.05, 4.69) is 20.8 Å². The fourth-order valence-electron chi connectivity index (χ4n) is 1.39. The maximum Gasteiger partial charge on any atom is 0.0423 e. The number of rotatable bonds is 3. The summed E-state index contributed by atoms with van der Waals surface area (Å²) in [4.78, 5) is 0. The molecule has 0 N–H and O–H groups in total. The minimum Gasteiger partial charge on any atom is -0.0843 e. The molecule has 0 atom stereocenters. The summed E-state index contributed by atoms with van der Waals surface area (Å²) in [6.07, 6.45) is 2.17. The number of halogens is 2. The van der Waals surface area contributed by atoms with Crippen molar-refractivity contribution < 1.29 is 0 Å². The van der Waals surface area contributed by atoms with Crippen LogP contribution in [-0.2, 0) is 6.42 Å². The third kappa shape index (κ3) is 3.51. The highest BCUT2D eigenvalue weighted by Crippen LogP contribution is 2.28. The molecule has 1 aromatic carbocycles. The zero-order valence-electron chi connectivity index (χ0n) is 8.90. The Morgan fingerprint density at radius 1 is 1.07 bits per heavy atom. The average Bonchev–Trinajstić information content (AvgIpc) is 2.01. The van der Waals surface area contributed by atoms with Crippen LogP contribution >= 0.6 is 23.2 Å². The topological polar surface area (TPSA) is 0 Å². The fourth-order valence-corrected chi connectivity index (χ4v) is 1.96. The molecule has 0 unspecified atom stereocenters. The van der Waals surface area contributed by atoms with Crippen LogP contribution < -0.4 is 0 Å². The highest BCUT2D eigenvalue weighted by atomic mass is 35.5. The van der Waals surface area contributed by atoms with Crippen molar-refractivity contribution in [2.45, 2.75) is 33.6 Å². The van der Waals surface area contributed by atoms with Crippen LogP contribution in [0.15, 0.2) is 18.2 Å². The molecule has 0 amide bonds. The standard InChI is InChI=1S/C12H16Cl2/c1-4-12(2,3)8-9-5-10(13)7-11(14)6-9/h5-7H,4,8H2,1-3H3. The second kappa shape index (κ2) is 4.55. The van der Waals surface area contributed by atoms with Crippen molar-refractivity contribution in [1.29, 1.82) is 0 Å². The molecule has 0 aromatic heterocycles. The van der Waals surface area contributed by atoms with E-state index in [0.29, 0.717) is 5.41 Å². The van der Waals surface area contributed by atoms with Crippen LogP contribution in [0.25, 0.3) is 0 Å². The summed E-state index contributed by atoms with van der Waals surface area (Å²) in [5, 5.41) is 1.44. The van der Waals surface area contributed by atoms with E-state index in [9.17, 15) is 0 Å². The summed E-state index contributed by atoms with van der Waals surface area (Å²) in [5.41, 5.74) is 1.53. The number of hydrogen-bond donors (Lipinski definition) is 0. The number of benzene rings is 1. The normalized spacial score (nSPS) is 11.8. The van der Waals surface area contributed by atoms with E-state index in [1.807, 2.05) is 12.1 Å². The van der Waals surface area contributed by atoms with E-state index in [-0.39, 0.29) is 0 Å². The van der Waals surface area contributed by atoms with E-state index in [1.165, 1.54) is 5.56 Å². The van der Waals surface area contributed by atoms with Crippen molar-refractivity contribution in [1.82, 2.24) is 0 Å². The molecule has 0 saturated heterocycles. The Labute approximate surface area is 96.2 Å². The average molecular weight is 231 g/mol. The second-order valence-electron chi connectivity index (χ2n) is 4.47. The van der Waals surface area contributed by atoms with Crippen molar-refractivity contribution in [3.63, 3.8) is 0 Å². The van der Waals surface area contributed by atoms with Gasteiger partial charge in [-0.2, -0.15) is 0 Å². The maximum atomic E-state index is 5.94. The largest absolute Gasteiger partial charge is 0.0843 e. The van der Waals surface area contributed by atoms with Crippen LogP contribution in [0.2, 0.25) is 10.0 Å². The third-order valence-electron chi connectivity index (χ3n) is 2.56. The second-order valence-corrected chi connectivity index (χ2v) is 5.35. The molecular weight excluding hydrogens is 215 g/mol. The van der Waals surface area contributed by atoms with Crippen LogP contribution in [0.3, 0.4) is 0 Å². The Morgan fingerprint density at radius 3 is 2.00 bits per heavy atom. The van der Waals surface area contributed by atoms with Gasteiger partial charge in [-0.15, -0.1) is 0 Å². The molecule has 0 fully saturated rings. The van der Waals surface area contributed by atoms with Crippen LogP contribution in [0.5, 0.6) is 0 Å². The molecule has 0 nitrogen and oxygen atoms in total. The summed E-state index contributed by atoms with van der Waals surface area (Å²) < 4.78 is 0. The minimum absolute atomic E-state index is 0.314. The van der Waals surface area contributed by atoms with Gasteiger partial charge >= 0.3 is 0 Å². The summed E-state index contributed by atoms with van der Waals surface area (Å²) in [6, 6.07) is 5.75. The zero-order valence-corrected chi connectivity index (χ0v) is 10.4. The summed E-state index contributed by atoms with van der Waals surface area (Å²) in [6.45, 7) is 6.70. The van der Waals surface area contributed by atoms with Gasteiger partial charge in [0.05, 0.1) is 0 Å². The summed E-state index contributed by atoms with van der Waals surface area (Å²) in [5.74, 6) is 0. The van der Waals surface area contributed by atoms with E-state index < -0.39 is 0 Å². The third-order valence-corrected chi connectivity index (χ3v) is 3.00. The van der Waals surface area contributed by atoms with Crippen molar-refractivity contribution in [3.8, 4) is 0 Å². The highest BCUT2D eigenvalue weighted by Gasteiger charge is 2.16. The molecular formula is C12H16Cl2. The molecule has 0 spiro atoms. The zero-order chi connectivity index (χ0) is 10.8. The first-order valence-electron chi connectivity index (χ1n) is 4.88. The lowest BCUT2D eigenvalue weighted by atomic mass is 9.83. The molecule has 2 heteroatoms. The quantitative estimate of drug-likeness (QED) is 0.688. The van der Waals surface area contributed by atoms with Crippen LogP contribution in [0, 0.1) is 5.41 Å². The van der Waals surface area contributed by atoms with E-state index in [0.717, 1.165) is 22.9 Å². The molecule has 1 rings (SSSR count). The van der Waals surface area contributed by atoms with Crippen LogP contribution in [-0.4, -0.2) is 0 Å². The van der Waals surface area contributed by atoms with Gasteiger partial charge < -0.3 is 0 Å². The maximum absolute atomic E-state index is 5.94. The Bertz CT molecular complexity index is 296. The smallest absolute Gasteiger partial charge is 0.0423 e. The predicted molar refractivity (Wildman–Crippen MR) is 64.2 cm³/mol. The molecule has 0 saturated carbocycles. The molecule has 0 radical (unpaired) electrons. The van der Waals surface area contributed by atoms with Crippen molar-refractivity contribution in [2.24, 2.45) is 5.41 Å². The van der Waals surface area contributed by atoms with Gasteiger partial charge in [0.25, 0.3) is 0 Å². The lowest BCUT2D eigenvalue weighted by Crippen LogP contribution is -2.13. The first kappa shape index (κ1) is 11.9. The highest BCUT2D eigenvalue weighted by molar-refractivity contribution is 6.34. The van der Waals surface area contributed by atoms with Gasteiger partial charge in [-0.05, 0) is 35.6 Å². The molecule has 0 aliphatic heterocycles. The molecule has 1 aromatic rings. The molecule has 14 heavy (non-hydrogen) atoms. The van der Waals surface area contributed by atoms with Gasteiger partial charge in [-0.3, -0.25) is 0 Å². The molecule has 0 aliphatic carbocycles. The Balaban J connectivity index is 2.87. The van der Waals surface area contributed by atoms with Gasteiger partial charge in [0.15, 0.2) is 0 Å². The molecule has 0 heterocycles. The lowest BCUT2D eigenvalue weighted by Gasteiger charge is -2.22. The lowest BCUT2D eigenvalue weighted by molar-refractivity contribution is 0.349.